The number of hydrogen-bond acceptors (Lipinski definition) is 1. The molecule has 1 heteroatoms. The van der Waals surface area contributed by atoms with Crippen molar-refractivity contribution in [2.24, 2.45) is 0 Å². The number of phenols is 1. The summed E-state index contributed by atoms with van der Waals surface area (Å²) in [7, 11) is 0. The zero-order valence-electron chi connectivity index (χ0n) is 12.2. The van der Waals surface area contributed by atoms with E-state index in [2.05, 4.69) is 52.0 Å². The second-order valence-electron chi connectivity index (χ2n) is 6.23. The third-order valence-corrected chi connectivity index (χ3v) is 3.44. The van der Waals surface area contributed by atoms with Gasteiger partial charge in [-0.15, -0.1) is 0 Å². The van der Waals surface area contributed by atoms with Gasteiger partial charge in [0.1, 0.15) is 5.75 Å². The Balaban J connectivity index is 2.33. The largest absolute Gasteiger partial charge is 0.507 e. The van der Waals surface area contributed by atoms with Crippen molar-refractivity contribution in [3.63, 3.8) is 0 Å². The molecule has 0 atom stereocenters. The van der Waals surface area contributed by atoms with Crippen molar-refractivity contribution >= 4 is 0 Å². The summed E-state index contributed by atoms with van der Waals surface area (Å²) in [5, 5.41) is 10.4. The molecule has 0 aromatic heterocycles. The maximum Gasteiger partial charge on any atom is 0.122 e. The lowest BCUT2D eigenvalue weighted by molar-refractivity contribution is 0.441. The van der Waals surface area contributed by atoms with Gasteiger partial charge >= 0.3 is 0 Å². The van der Waals surface area contributed by atoms with E-state index in [1.165, 1.54) is 11.1 Å². The monoisotopic (exact) mass is 254 g/mol. The Hall–Kier alpha value is -1.76. The summed E-state index contributed by atoms with van der Waals surface area (Å²) in [4.78, 5) is 0. The van der Waals surface area contributed by atoms with Crippen LogP contribution in [0.5, 0.6) is 5.75 Å². The minimum Gasteiger partial charge on any atom is -0.507 e. The van der Waals surface area contributed by atoms with Crippen molar-refractivity contribution in [2.45, 2.75) is 39.5 Å². The first kappa shape index (κ1) is 13.7. The Bertz CT molecular complexity index is 559. The van der Waals surface area contributed by atoms with Crippen LogP contribution in [0.25, 0.3) is 0 Å². The van der Waals surface area contributed by atoms with Crippen molar-refractivity contribution in [1.29, 1.82) is 0 Å². The van der Waals surface area contributed by atoms with E-state index in [-0.39, 0.29) is 5.41 Å². The number of rotatable bonds is 2. The Morgan fingerprint density at radius 3 is 2.16 bits per heavy atom. The molecule has 0 aliphatic rings. The Morgan fingerprint density at radius 1 is 0.947 bits per heavy atom. The average molecular weight is 254 g/mol. The molecule has 0 bridgehead atoms. The molecule has 2 aromatic carbocycles. The SMILES string of the molecule is Cc1ccc(Cc2cccc(C(C)(C)C)c2O)cc1. The molecule has 0 saturated heterocycles. The zero-order chi connectivity index (χ0) is 14.0. The molecule has 0 heterocycles. The van der Waals surface area contributed by atoms with E-state index in [0.717, 1.165) is 17.5 Å². The predicted octanol–water partition coefficient (Wildman–Crippen LogP) is 4.59. The third-order valence-electron chi connectivity index (χ3n) is 3.44. The highest BCUT2D eigenvalue weighted by Crippen LogP contribution is 2.33. The lowest BCUT2D eigenvalue weighted by Gasteiger charge is -2.22. The van der Waals surface area contributed by atoms with Gasteiger partial charge in [0.2, 0.25) is 0 Å². The molecule has 1 N–H and O–H groups in total. The Morgan fingerprint density at radius 2 is 1.58 bits per heavy atom. The second kappa shape index (κ2) is 5.08. The van der Waals surface area contributed by atoms with Gasteiger partial charge in [-0.2, -0.15) is 0 Å². The molecular weight excluding hydrogens is 232 g/mol. The van der Waals surface area contributed by atoms with Crippen LogP contribution in [0.2, 0.25) is 0 Å². The highest BCUT2D eigenvalue weighted by atomic mass is 16.3. The van der Waals surface area contributed by atoms with Crippen LogP contribution in [0.4, 0.5) is 0 Å². The Kier molecular flexibility index (Phi) is 3.66. The van der Waals surface area contributed by atoms with Crippen LogP contribution in [-0.4, -0.2) is 5.11 Å². The van der Waals surface area contributed by atoms with E-state index in [1.54, 1.807) is 0 Å². The van der Waals surface area contributed by atoms with E-state index in [1.807, 2.05) is 18.2 Å². The molecule has 0 spiro atoms. The van der Waals surface area contributed by atoms with Crippen molar-refractivity contribution in [2.75, 3.05) is 0 Å². The maximum absolute atomic E-state index is 10.4. The lowest BCUT2D eigenvalue weighted by atomic mass is 9.84. The lowest BCUT2D eigenvalue weighted by Crippen LogP contribution is -2.12. The fourth-order valence-corrected chi connectivity index (χ4v) is 2.27. The number of hydrogen-bond donors (Lipinski definition) is 1. The van der Waals surface area contributed by atoms with Crippen molar-refractivity contribution in [3.8, 4) is 5.75 Å². The summed E-state index contributed by atoms with van der Waals surface area (Å²) in [6.07, 6.45) is 0.774. The molecule has 0 fully saturated rings. The van der Waals surface area contributed by atoms with Gasteiger partial charge in [0, 0.05) is 6.42 Å². The summed E-state index contributed by atoms with van der Waals surface area (Å²) in [5.41, 5.74) is 4.46. The minimum atomic E-state index is -0.0344. The summed E-state index contributed by atoms with van der Waals surface area (Å²) in [6, 6.07) is 14.5. The molecule has 100 valence electrons. The van der Waals surface area contributed by atoms with E-state index < -0.39 is 0 Å². The van der Waals surface area contributed by atoms with Gasteiger partial charge in [0.15, 0.2) is 0 Å². The highest BCUT2D eigenvalue weighted by Gasteiger charge is 2.19. The standard InChI is InChI=1S/C18H22O/c1-13-8-10-14(11-9-13)12-15-6-5-7-16(17(15)19)18(2,3)4/h5-11,19H,12H2,1-4H3. The van der Waals surface area contributed by atoms with Crippen LogP contribution < -0.4 is 0 Å². The molecule has 1 nitrogen and oxygen atoms in total. The number of phenolic OH excluding ortho intramolecular Hbond substituents is 1. The predicted molar refractivity (Wildman–Crippen MR) is 80.8 cm³/mol. The number of aryl methyl sites for hydroxylation is 1. The molecule has 0 aliphatic heterocycles. The smallest absolute Gasteiger partial charge is 0.122 e. The average Bonchev–Trinajstić information content (AvgIpc) is 2.33. The fourth-order valence-electron chi connectivity index (χ4n) is 2.27. The topological polar surface area (TPSA) is 20.2 Å². The Labute approximate surface area is 115 Å². The van der Waals surface area contributed by atoms with Gasteiger partial charge in [0.25, 0.3) is 0 Å². The van der Waals surface area contributed by atoms with Crippen LogP contribution in [-0.2, 0) is 11.8 Å². The van der Waals surface area contributed by atoms with Crippen molar-refractivity contribution in [3.05, 3.63) is 64.7 Å². The van der Waals surface area contributed by atoms with E-state index in [4.69, 9.17) is 0 Å². The quantitative estimate of drug-likeness (QED) is 0.831. The summed E-state index contributed by atoms with van der Waals surface area (Å²) in [6.45, 7) is 8.45. The summed E-state index contributed by atoms with van der Waals surface area (Å²) in [5.74, 6) is 0.440. The van der Waals surface area contributed by atoms with Gasteiger partial charge in [0.05, 0.1) is 0 Å². The number of para-hydroxylation sites is 1. The minimum absolute atomic E-state index is 0.0344. The van der Waals surface area contributed by atoms with Gasteiger partial charge in [-0.3, -0.25) is 0 Å². The fraction of sp³-hybridized carbons (Fsp3) is 0.333. The van der Waals surface area contributed by atoms with Gasteiger partial charge < -0.3 is 5.11 Å². The van der Waals surface area contributed by atoms with Crippen molar-refractivity contribution < 1.29 is 5.11 Å². The van der Waals surface area contributed by atoms with Crippen molar-refractivity contribution in [1.82, 2.24) is 0 Å². The van der Waals surface area contributed by atoms with Crippen LogP contribution >= 0.6 is 0 Å². The van der Waals surface area contributed by atoms with Crippen LogP contribution in [0.15, 0.2) is 42.5 Å². The van der Waals surface area contributed by atoms with E-state index >= 15 is 0 Å². The maximum atomic E-state index is 10.4. The zero-order valence-corrected chi connectivity index (χ0v) is 12.2. The molecular formula is C18H22O. The van der Waals surface area contributed by atoms with Crippen LogP contribution in [0.1, 0.15) is 43.0 Å². The summed E-state index contributed by atoms with van der Waals surface area (Å²) >= 11 is 0. The molecule has 2 rings (SSSR count). The molecule has 19 heavy (non-hydrogen) atoms. The van der Waals surface area contributed by atoms with Gasteiger partial charge in [-0.25, -0.2) is 0 Å². The molecule has 0 radical (unpaired) electrons. The van der Waals surface area contributed by atoms with Crippen LogP contribution in [0, 0.1) is 6.92 Å². The van der Waals surface area contributed by atoms with E-state index in [0.29, 0.717) is 5.75 Å². The molecule has 0 aliphatic carbocycles. The first-order valence-electron chi connectivity index (χ1n) is 6.75. The molecule has 0 amide bonds. The van der Waals surface area contributed by atoms with Crippen LogP contribution in [0.3, 0.4) is 0 Å². The molecule has 2 aromatic rings. The summed E-state index contributed by atoms with van der Waals surface area (Å²) < 4.78 is 0. The molecule has 0 unspecified atom stereocenters. The highest BCUT2D eigenvalue weighted by molar-refractivity contribution is 5.46. The number of benzene rings is 2. The van der Waals surface area contributed by atoms with Gasteiger partial charge in [-0.1, -0.05) is 68.8 Å². The normalized spacial score (nSPS) is 11.6. The molecule has 0 saturated carbocycles. The first-order valence-corrected chi connectivity index (χ1v) is 6.75. The second-order valence-corrected chi connectivity index (χ2v) is 6.23. The third kappa shape index (κ3) is 3.17. The first-order chi connectivity index (χ1) is 8.88. The van der Waals surface area contributed by atoms with E-state index in [9.17, 15) is 5.11 Å². The van der Waals surface area contributed by atoms with Gasteiger partial charge in [-0.05, 0) is 29.0 Å². The number of aromatic hydroxyl groups is 1.